The van der Waals surface area contributed by atoms with Crippen molar-refractivity contribution in [2.75, 3.05) is 57.4 Å². The van der Waals surface area contributed by atoms with Gasteiger partial charge in [-0.3, -0.25) is 9.69 Å². The highest BCUT2D eigenvalue weighted by molar-refractivity contribution is 5.92. The van der Waals surface area contributed by atoms with Crippen LogP contribution in [0.2, 0.25) is 0 Å². The molecule has 122 valence electrons. The third-order valence-electron chi connectivity index (χ3n) is 3.79. The maximum Gasteiger partial charge on any atom is 0.270 e. The summed E-state index contributed by atoms with van der Waals surface area (Å²) >= 11 is 0. The number of nitrogens with zero attached hydrogens (tertiary/aromatic N) is 4. The molecule has 2 heterocycles. The van der Waals surface area contributed by atoms with Gasteiger partial charge in [-0.1, -0.05) is 0 Å². The van der Waals surface area contributed by atoms with E-state index in [0.29, 0.717) is 12.2 Å². The van der Waals surface area contributed by atoms with Gasteiger partial charge in [-0.15, -0.1) is 0 Å². The molecule has 0 radical (unpaired) electrons. The Hall–Kier alpha value is -1.73. The Balaban J connectivity index is 1.85. The molecule has 0 spiro atoms. The van der Waals surface area contributed by atoms with Crippen molar-refractivity contribution in [3.8, 4) is 0 Å². The van der Waals surface area contributed by atoms with E-state index in [2.05, 4.69) is 38.9 Å². The number of aromatic nitrogens is 2. The number of nitrogens with one attached hydrogen (secondary N) is 1. The van der Waals surface area contributed by atoms with E-state index in [1.54, 1.807) is 6.07 Å². The Morgan fingerprint density at radius 3 is 2.73 bits per heavy atom. The second kappa shape index (κ2) is 8.65. The van der Waals surface area contributed by atoms with Gasteiger partial charge in [0.25, 0.3) is 5.91 Å². The van der Waals surface area contributed by atoms with Crippen molar-refractivity contribution >= 4 is 11.7 Å². The number of carbonyl (C=O) groups excluding carboxylic acids is 1. The molecule has 7 heteroatoms. The zero-order valence-corrected chi connectivity index (χ0v) is 13.4. The van der Waals surface area contributed by atoms with E-state index in [-0.39, 0.29) is 5.91 Å². The van der Waals surface area contributed by atoms with Crippen LogP contribution in [0.3, 0.4) is 0 Å². The van der Waals surface area contributed by atoms with Gasteiger partial charge in [-0.25, -0.2) is 9.97 Å². The molecule has 1 fully saturated rings. The molecule has 22 heavy (non-hydrogen) atoms. The number of ether oxygens (including phenoxy) is 1. The summed E-state index contributed by atoms with van der Waals surface area (Å²) in [7, 11) is 0. The summed E-state index contributed by atoms with van der Waals surface area (Å²) in [6, 6.07) is 1.75. The molecule has 0 saturated carbocycles. The van der Waals surface area contributed by atoms with Gasteiger partial charge in [-0.2, -0.15) is 0 Å². The summed E-state index contributed by atoms with van der Waals surface area (Å²) in [5, 5.41) is 2.92. The summed E-state index contributed by atoms with van der Waals surface area (Å²) in [5.41, 5.74) is 0.416. The normalized spacial score (nSPS) is 15.5. The van der Waals surface area contributed by atoms with Crippen LogP contribution in [-0.2, 0) is 4.74 Å². The SMILES string of the molecule is CCN(CC)c1cc(C(=O)NCCN2CCOCC2)ncn1. The Labute approximate surface area is 131 Å². The van der Waals surface area contributed by atoms with Gasteiger partial charge in [0.1, 0.15) is 17.8 Å². The lowest BCUT2D eigenvalue weighted by Crippen LogP contribution is -2.41. The zero-order valence-electron chi connectivity index (χ0n) is 13.4. The van der Waals surface area contributed by atoms with Gasteiger partial charge in [0.15, 0.2) is 0 Å². The smallest absolute Gasteiger partial charge is 0.270 e. The standard InChI is InChI=1S/C15H25N5O2/c1-3-20(4-2)14-11-13(17-12-18-14)15(21)16-5-6-19-7-9-22-10-8-19/h11-12H,3-10H2,1-2H3,(H,16,21). The van der Waals surface area contributed by atoms with Crippen LogP contribution in [0.15, 0.2) is 12.4 Å². The molecule has 1 N–H and O–H groups in total. The second-order valence-electron chi connectivity index (χ2n) is 5.14. The van der Waals surface area contributed by atoms with Crippen molar-refractivity contribution in [1.29, 1.82) is 0 Å². The van der Waals surface area contributed by atoms with E-state index >= 15 is 0 Å². The molecule has 1 aromatic rings. The summed E-state index contributed by atoms with van der Waals surface area (Å²) in [6.07, 6.45) is 1.45. The monoisotopic (exact) mass is 307 g/mol. The Morgan fingerprint density at radius 2 is 2.05 bits per heavy atom. The highest BCUT2D eigenvalue weighted by atomic mass is 16.5. The first-order valence-electron chi connectivity index (χ1n) is 7.89. The van der Waals surface area contributed by atoms with Gasteiger partial charge in [0.05, 0.1) is 13.2 Å². The van der Waals surface area contributed by atoms with Crippen molar-refractivity contribution in [1.82, 2.24) is 20.2 Å². The van der Waals surface area contributed by atoms with E-state index in [0.717, 1.165) is 51.8 Å². The van der Waals surface area contributed by atoms with Crippen molar-refractivity contribution in [3.63, 3.8) is 0 Å². The summed E-state index contributed by atoms with van der Waals surface area (Å²) in [5.74, 6) is 0.641. The number of hydrogen-bond acceptors (Lipinski definition) is 6. The molecule has 0 unspecified atom stereocenters. The highest BCUT2D eigenvalue weighted by Gasteiger charge is 2.13. The fourth-order valence-corrected chi connectivity index (χ4v) is 2.43. The maximum absolute atomic E-state index is 12.2. The Morgan fingerprint density at radius 1 is 1.32 bits per heavy atom. The number of morpholine rings is 1. The molecule has 0 bridgehead atoms. The van der Waals surface area contributed by atoms with Crippen LogP contribution in [-0.4, -0.2) is 73.3 Å². The summed E-state index contributed by atoms with van der Waals surface area (Å²) in [6.45, 7) is 10.7. The van der Waals surface area contributed by atoms with Crippen molar-refractivity contribution < 1.29 is 9.53 Å². The minimum absolute atomic E-state index is 0.149. The number of rotatable bonds is 7. The largest absolute Gasteiger partial charge is 0.379 e. The Kier molecular flexibility index (Phi) is 6.54. The lowest BCUT2D eigenvalue weighted by atomic mass is 10.3. The quantitative estimate of drug-likeness (QED) is 0.785. The van der Waals surface area contributed by atoms with Crippen LogP contribution >= 0.6 is 0 Å². The van der Waals surface area contributed by atoms with Crippen LogP contribution in [0.5, 0.6) is 0 Å². The molecule has 0 aromatic carbocycles. The fourth-order valence-electron chi connectivity index (χ4n) is 2.43. The molecule has 2 rings (SSSR count). The minimum Gasteiger partial charge on any atom is -0.379 e. The van der Waals surface area contributed by atoms with Crippen LogP contribution < -0.4 is 10.2 Å². The van der Waals surface area contributed by atoms with E-state index < -0.39 is 0 Å². The first-order chi connectivity index (χ1) is 10.7. The molecule has 7 nitrogen and oxygen atoms in total. The van der Waals surface area contributed by atoms with Crippen molar-refractivity contribution in [3.05, 3.63) is 18.1 Å². The number of carbonyl (C=O) groups is 1. The highest BCUT2D eigenvalue weighted by Crippen LogP contribution is 2.10. The van der Waals surface area contributed by atoms with Gasteiger partial charge in [0.2, 0.25) is 0 Å². The Bertz CT molecular complexity index is 473. The average Bonchev–Trinajstić information content (AvgIpc) is 2.57. The molecule has 1 aromatic heterocycles. The number of anilines is 1. The number of amides is 1. The van der Waals surface area contributed by atoms with Crippen molar-refractivity contribution in [2.45, 2.75) is 13.8 Å². The zero-order chi connectivity index (χ0) is 15.8. The third-order valence-corrected chi connectivity index (χ3v) is 3.79. The fraction of sp³-hybridized carbons (Fsp3) is 0.667. The minimum atomic E-state index is -0.149. The molecular formula is C15H25N5O2. The second-order valence-corrected chi connectivity index (χ2v) is 5.14. The van der Waals surface area contributed by atoms with E-state index in [1.807, 2.05) is 0 Å². The van der Waals surface area contributed by atoms with E-state index in [1.165, 1.54) is 6.33 Å². The first kappa shape index (κ1) is 16.6. The number of hydrogen-bond donors (Lipinski definition) is 1. The van der Waals surface area contributed by atoms with Gasteiger partial charge < -0.3 is 15.0 Å². The molecule has 1 aliphatic rings. The molecule has 1 amide bonds. The van der Waals surface area contributed by atoms with Crippen molar-refractivity contribution in [2.24, 2.45) is 0 Å². The van der Waals surface area contributed by atoms with E-state index in [9.17, 15) is 4.79 Å². The van der Waals surface area contributed by atoms with Crippen LogP contribution in [0, 0.1) is 0 Å². The van der Waals surface area contributed by atoms with Gasteiger partial charge in [-0.05, 0) is 13.8 Å². The van der Waals surface area contributed by atoms with Gasteiger partial charge in [0, 0.05) is 45.3 Å². The molecule has 1 aliphatic heterocycles. The lowest BCUT2D eigenvalue weighted by Gasteiger charge is -2.26. The average molecular weight is 307 g/mol. The molecule has 1 saturated heterocycles. The van der Waals surface area contributed by atoms with Crippen LogP contribution in [0.25, 0.3) is 0 Å². The molecule has 0 atom stereocenters. The predicted octanol–water partition coefficient (Wildman–Crippen LogP) is 0.385. The molecular weight excluding hydrogens is 282 g/mol. The van der Waals surface area contributed by atoms with Crippen LogP contribution in [0.4, 0.5) is 5.82 Å². The van der Waals surface area contributed by atoms with Crippen LogP contribution in [0.1, 0.15) is 24.3 Å². The van der Waals surface area contributed by atoms with Gasteiger partial charge >= 0.3 is 0 Å². The topological polar surface area (TPSA) is 70.6 Å². The summed E-state index contributed by atoms with van der Waals surface area (Å²) in [4.78, 5) is 24.8. The maximum atomic E-state index is 12.2. The summed E-state index contributed by atoms with van der Waals surface area (Å²) < 4.78 is 5.30. The predicted molar refractivity (Wildman–Crippen MR) is 85.2 cm³/mol. The van der Waals surface area contributed by atoms with E-state index in [4.69, 9.17) is 4.74 Å². The first-order valence-corrected chi connectivity index (χ1v) is 7.89. The molecule has 0 aliphatic carbocycles. The lowest BCUT2D eigenvalue weighted by molar-refractivity contribution is 0.0383. The third kappa shape index (κ3) is 4.64.